The van der Waals surface area contributed by atoms with Gasteiger partial charge in [-0.2, -0.15) is 0 Å². The van der Waals surface area contributed by atoms with Crippen LogP contribution in [0.3, 0.4) is 0 Å². The van der Waals surface area contributed by atoms with E-state index in [-0.39, 0.29) is 16.6 Å². The zero-order chi connectivity index (χ0) is 26.8. The van der Waals surface area contributed by atoms with Gasteiger partial charge in [-0.3, -0.25) is 19.7 Å². The Hall–Kier alpha value is -3.98. The third-order valence-corrected chi connectivity index (χ3v) is 7.27. The van der Waals surface area contributed by atoms with Gasteiger partial charge in [0, 0.05) is 27.2 Å². The number of aromatic nitrogens is 1. The molecule has 7 nitrogen and oxygen atoms in total. The minimum Gasteiger partial charge on any atom is -0.350 e. The first-order valence-corrected chi connectivity index (χ1v) is 13.2. The summed E-state index contributed by atoms with van der Waals surface area (Å²) in [6.45, 7) is 2.02. The van der Waals surface area contributed by atoms with Gasteiger partial charge in [-0.15, -0.1) is 11.3 Å². The fraction of sp³-hybridized carbons (Fsp3) is 0.0714. The van der Waals surface area contributed by atoms with E-state index >= 15 is 0 Å². The number of rotatable bonds is 7. The average Bonchev–Trinajstić information content (AvgIpc) is 3.48. The van der Waals surface area contributed by atoms with Crippen LogP contribution in [-0.2, 0) is 16.0 Å². The molecule has 190 valence electrons. The highest BCUT2D eigenvalue weighted by Gasteiger charge is 2.38. The predicted molar refractivity (Wildman–Crippen MR) is 152 cm³/mol. The average molecular weight is 563 g/mol. The maximum atomic E-state index is 13.0. The first-order valence-electron chi connectivity index (χ1n) is 11.6. The number of hydrogen-bond donors (Lipinski definition) is 2. The van der Waals surface area contributed by atoms with Crippen LogP contribution in [0.4, 0.5) is 16.5 Å². The molecule has 0 saturated carbocycles. The van der Waals surface area contributed by atoms with E-state index in [2.05, 4.69) is 15.6 Å². The summed E-state index contributed by atoms with van der Waals surface area (Å²) in [7, 11) is 0. The molecule has 0 bridgehead atoms. The van der Waals surface area contributed by atoms with Gasteiger partial charge in [-0.1, -0.05) is 54.4 Å². The zero-order valence-electron chi connectivity index (χ0n) is 20.0. The Bertz CT molecular complexity index is 1560. The number of halogens is 2. The number of carbonyl (C=O) groups is 3. The van der Waals surface area contributed by atoms with Gasteiger partial charge in [0.25, 0.3) is 17.7 Å². The highest BCUT2D eigenvalue weighted by molar-refractivity contribution is 7.14. The van der Waals surface area contributed by atoms with Gasteiger partial charge in [0.2, 0.25) is 0 Å². The van der Waals surface area contributed by atoms with Crippen molar-refractivity contribution in [1.82, 2.24) is 4.98 Å². The molecular formula is C28H20Cl2N4O3S. The predicted octanol–water partition coefficient (Wildman–Crippen LogP) is 6.71. The normalized spacial score (nSPS) is 13.3. The molecule has 0 unspecified atom stereocenters. The summed E-state index contributed by atoms with van der Waals surface area (Å²) < 4.78 is 0. The molecule has 3 amide bonds. The second-order valence-corrected chi connectivity index (χ2v) is 10.0. The van der Waals surface area contributed by atoms with Crippen LogP contribution < -0.4 is 15.5 Å². The second-order valence-electron chi connectivity index (χ2n) is 8.36. The quantitative estimate of drug-likeness (QED) is 0.244. The summed E-state index contributed by atoms with van der Waals surface area (Å²) in [5, 5.41) is 8.46. The lowest BCUT2D eigenvalue weighted by Gasteiger charge is -2.15. The van der Waals surface area contributed by atoms with Crippen LogP contribution in [-0.4, -0.2) is 22.7 Å². The van der Waals surface area contributed by atoms with Crippen LogP contribution in [0.15, 0.2) is 88.9 Å². The third kappa shape index (κ3) is 5.19. The highest BCUT2D eigenvalue weighted by atomic mass is 35.5. The number of nitrogens with zero attached hydrogens (tertiary/aromatic N) is 2. The van der Waals surface area contributed by atoms with Gasteiger partial charge in [0.15, 0.2) is 5.13 Å². The van der Waals surface area contributed by atoms with Crippen molar-refractivity contribution in [1.29, 1.82) is 0 Å². The Balaban J connectivity index is 1.25. The van der Waals surface area contributed by atoms with Gasteiger partial charge in [-0.25, -0.2) is 9.88 Å². The standard InChI is InChI=1S/C28H20Cl2N4O3S/c1-2-16-3-13-21(14-4-16)34-26(36)23(30)24(27(34)37)31-20-11-7-18(8-12-20)25(35)33-28-32-22(15-38-28)17-5-9-19(29)10-6-17/h3-15,31H,2H2,1H3,(H,32,33,35). The molecule has 0 aliphatic carbocycles. The van der Waals surface area contributed by atoms with Crippen molar-refractivity contribution in [2.75, 3.05) is 15.5 Å². The Kier molecular flexibility index (Phi) is 7.28. The number of thiazole rings is 1. The van der Waals surface area contributed by atoms with Gasteiger partial charge in [0.05, 0.1) is 11.4 Å². The summed E-state index contributed by atoms with van der Waals surface area (Å²) in [5.74, 6) is -1.48. The number of nitrogens with one attached hydrogen (secondary N) is 2. The molecular weight excluding hydrogens is 543 g/mol. The topological polar surface area (TPSA) is 91.4 Å². The van der Waals surface area contributed by atoms with Crippen molar-refractivity contribution in [3.8, 4) is 11.3 Å². The number of imide groups is 1. The van der Waals surface area contributed by atoms with E-state index in [0.29, 0.717) is 27.1 Å². The van der Waals surface area contributed by atoms with Gasteiger partial charge >= 0.3 is 0 Å². The maximum absolute atomic E-state index is 13.0. The van der Waals surface area contributed by atoms with Crippen molar-refractivity contribution in [2.45, 2.75) is 13.3 Å². The van der Waals surface area contributed by atoms with Crippen LogP contribution in [0.5, 0.6) is 0 Å². The minimum atomic E-state index is -0.596. The van der Waals surface area contributed by atoms with Gasteiger partial charge in [0.1, 0.15) is 10.7 Å². The van der Waals surface area contributed by atoms with Crippen LogP contribution in [0, 0.1) is 0 Å². The molecule has 10 heteroatoms. The molecule has 0 fully saturated rings. The molecule has 0 radical (unpaired) electrons. The first kappa shape index (κ1) is 25.7. The van der Waals surface area contributed by atoms with E-state index in [1.807, 2.05) is 36.6 Å². The van der Waals surface area contributed by atoms with Gasteiger partial charge in [-0.05, 0) is 60.5 Å². The number of anilines is 3. The van der Waals surface area contributed by atoms with E-state index in [1.54, 1.807) is 48.5 Å². The fourth-order valence-electron chi connectivity index (χ4n) is 3.83. The lowest BCUT2D eigenvalue weighted by Crippen LogP contribution is -2.32. The Morgan fingerprint density at radius 2 is 1.61 bits per heavy atom. The molecule has 0 atom stereocenters. The van der Waals surface area contributed by atoms with Crippen molar-refractivity contribution in [2.24, 2.45) is 0 Å². The van der Waals surface area contributed by atoms with E-state index in [0.717, 1.165) is 28.1 Å². The maximum Gasteiger partial charge on any atom is 0.283 e. The molecule has 2 heterocycles. The number of amides is 3. The molecule has 38 heavy (non-hydrogen) atoms. The van der Waals surface area contributed by atoms with Crippen molar-refractivity contribution < 1.29 is 14.4 Å². The van der Waals surface area contributed by atoms with Gasteiger partial charge < -0.3 is 5.32 Å². The molecule has 1 aliphatic rings. The molecule has 1 aliphatic heterocycles. The molecule has 0 saturated heterocycles. The van der Waals surface area contributed by atoms with E-state index in [9.17, 15) is 14.4 Å². The lowest BCUT2D eigenvalue weighted by atomic mass is 10.1. The van der Waals surface area contributed by atoms with Crippen LogP contribution in [0.25, 0.3) is 11.3 Å². The number of carbonyl (C=O) groups excluding carboxylic acids is 3. The minimum absolute atomic E-state index is 0.0223. The summed E-state index contributed by atoms with van der Waals surface area (Å²) >= 11 is 13.5. The molecule has 2 N–H and O–H groups in total. The number of benzene rings is 3. The second kappa shape index (κ2) is 10.8. The molecule has 0 spiro atoms. The van der Waals surface area contributed by atoms with Crippen LogP contribution >= 0.6 is 34.5 Å². The Morgan fingerprint density at radius 1 is 0.921 bits per heavy atom. The zero-order valence-corrected chi connectivity index (χ0v) is 22.3. The number of aryl methyl sites for hydroxylation is 1. The van der Waals surface area contributed by atoms with E-state index < -0.39 is 11.8 Å². The monoisotopic (exact) mass is 562 g/mol. The molecule has 3 aromatic carbocycles. The van der Waals surface area contributed by atoms with Crippen LogP contribution in [0.2, 0.25) is 5.02 Å². The summed E-state index contributed by atoms with van der Waals surface area (Å²) in [4.78, 5) is 44.0. The molecule has 4 aromatic rings. The largest absolute Gasteiger partial charge is 0.350 e. The Labute approximate surface area is 232 Å². The van der Waals surface area contributed by atoms with Crippen molar-refractivity contribution in [3.63, 3.8) is 0 Å². The van der Waals surface area contributed by atoms with E-state index in [4.69, 9.17) is 23.2 Å². The summed E-state index contributed by atoms with van der Waals surface area (Å²) in [6.07, 6.45) is 0.844. The fourth-order valence-corrected chi connectivity index (χ4v) is 4.88. The summed E-state index contributed by atoms with van der Waals surface area (Å²) in [6, 6.07) is 20.9. The smallest absolute Gasteiger partial charge is 0.283 e. The number of hydrogen-bond acceptors (Lipinski definition) is 6. The van der Waals surface area contributed by atoms with Crippen LogP contribution in [0.1, 0.15) is 22.8 Å². The first-order chi connectivity index (χ1) is 18.3. The van der Waals surface area contributed by atoms with E-state index in [1.165, 1.54) is 11.3 Å². The Morgan fingerprint density at radius 3 is 2.26 bits per heavy atom. The van der Waals surface area contributed by atoms with Crippen molar-refractivity contribution >= 4 is 68.8 Å². The summed E-state index contributed by atoms with van der Waals surface area (Å²) in [5.41, 5.74) is 4.03. The SMILES string of the molecule is CCc1ccc(N2C(=O)C(Cl)=C(Nc3ccc(C(=O)Nc4nc(-c5ccc(Cl)cc5)cs4)cc3)C2=O)cc1. The highest BCUT2D eigenvalue weighted by Crippen LogP contribution is 2.31. The lowest BCUT2D eigenvalue weighted by molar-refractivity contribution is -0.120. The third-order valence-electron chi connectivity index (χ3n) is 5.91. The molecule has 1 aromatic heterocycles. The van der Waals surface area contributed by atoms with Crippen molar-refractivity contribution in [3.05, 3.63) is 105 Å². The molecule has 5 rings (SSSR count).